The summed E-state index contributed by atoms with van der Waals surface area (Å²) >= 11 is 5.91. The van der Waals surface area contributed by atoms with Crippen LogP contribution in [-0.4, -0.2) is 31.4 Å². The van der Waals surface area contributed by atoms with Crippen LogP contribution in [0, 0.1) is 5.82 Å². The number of rotatable bonds is 5. The third-order valence-corrected chi connectivity index (χ3v) is 2.71. The zero-order valence-electron chi connectivity index (χ0n) is 9.96. The highest BCUT2D eigenvalue weighted by Crippen LogP contribution is 2.16. The van der Waals surface area contributed by atoms with Crippen LogP contribution in [0.3, 0.4) is 0 Å². The van der Waals surface area contributed by atoms with E-state index in [4.69, 9.17) is 11.6 Å². The normalized spacial score (nSPS) is 10.4. The maximum Gasteiger partial charge on any atom is 0.223 e. The van der Waals surface area contributed by atoms with E-state index in [-0.39, 0.29) is 11.7 Å². The van der Waals surface area contributed by atoms with Crippen molar-refractivity contribution >= 4 is 17.5 Å². The molecule has 0 aromatic heterocycles. The Hall–Kier alpha value is -1.13. The van der Waals surface area contributed by atoms with Crippen molar-refractivity contribution < 1.29 is 9.18 Å². The van der Waals surface area contributed by atoms with E-state index in [2.05, 4.69) is 5.32 Å². The van der Waals surface area contributed by atoms with Gasteiger partial charge in [0.1, 0.15) is 5.82 Å². The molecule has 0 spiro atoms. The van der Waals surface area contributed by atoms with Crippen molar-refractivity contribution in [3.05, 3.63) is 34.6 Å². The summed E-state index contributed by atoms with van der Waals surface area (Å²) in [5.74, 6) is -0.251. The smallest absolute Gasteiger partial charge is 0.223 e. The lowest BCUT2D eigenvalue weighted by Gasteiger charge is -2.11. The second-order valence-corrected chi connectivity index (χ2v) is 4.36. The first-order valence-electron chi connectivity index (χ1n) is 5.35. The molecule has 0 aliphatic heterocycles. The Morgan fingerprint density at radius 2 is 2.18 bits per heavy atom. The van der Waals surface area contributed by atoms with Gasteiger partial charge in [0.2, 0.25) is 5.91 Å². The molecule has 0 atom stereocenters. The van der Waals surface area contributed by atoms with E-state index in [1.54, 1.807) is 14.1 Å². The van der Waals surface area contributed by atoms with Gasteiger partial charge in [0.15, 0.2) is 0 Å². The Morgan fingerprint density at radius 1 is 1.47 bits per heavy atom. The molecule has 0 saturated carbocycles. The van der Waals surface area contributed by atoms with Crippen LogP contribution < -0.4 is 5.32 Å². The van der Waals surface area contributed by atoms with Gasteiger partial charge in [-0.15, -0.1) is 0 Å². The number of hydrogen-bond donors (Lipinski definition) is 1. The van der Waals surface area contributed by atoms with Gasteiger partial charge in [0.05, 0.1) is 0 Å². The number of hydrogen-bond acceptors (Lipinski definition) is 2. The van der Waals surface area contributed by atoms with Gasteiger partial charge in [-0.1, -0.05) is 11.6 Å². The zero-order valence-corrected chi connectivity index (χ0v) is 10.7. The Bertz CT molecular complexity index is 396. The third kappa shape index (κ3) is 4.71. The maximum atomic E-state index is 12.9. The molecule has 0 saturated heterocycles. The minimum atomic E-state index is -0.310. The summed E-state index contributed by atoms with van der Waals surface area (Å²) in [6.07, 6.45) is 0.417. The minimum Gasteiger partial charge on any atom is -0.349 e. The Balaban J connectivity index is 2.36. The Kier molecular flexibility index (Phi) is 5.38. The average Bonchev–Trinajstić information content (AvgIpc) is 2.28. The summed E-state index contributed by atoms with van der Waals surface area (Å²) in [5.41, 5.74) is 0.698. The van der Waals surface area contributed by atoms with Crippen LogP contribution in [0.1, 0.15) is 12.0 Å². The topological polar surface area (TPSA) is 32.3 Å². The van der Waals surface area contributed by atoms with Crippen molar-refractivity contribution in [2.75, 3.05) is 20.6 Å². The van der Waals surface area contributed by atoms with Crippen molar-refractivity contribution in [1.29, 1.82) is 0 Å². The van der Waals surface area contributed by atoms with E-state index in [1.165, 1.54) is 23.1 Å². The Morgan fingerprint density at radius 3 is 2.82 bits per heavy atom. The van der Waals surface area contributed by atoms with E-state index in [0.717, 1.165) is 0 Å². The lowest BCUT2D eigenvalue weighted by Crippen LogP contribution is -2.26. The zero-order chi connectivity index (χ0) is 12.8. The molecule has 0 heterocycles. The van der Waals surface area contributed by atoms with Gasteiger partial charge < -0.3 is 10.2 Å². The predicted octanol–water partition coefficient (Wildman–Crippen LogP) is 2.05. The summed E-state index contributed by atoms with van der Waals surface area (Å²) in [4.78, 5) is 12.8. The van der Waals surface area contributed by atoms with Gasteiger partial charge in [-0.25, -0.2) is 4.39 Å². The molecule has 1 N–H and O–H groups in total. The number of halogens is 2. The fourth-order valence-electron chi connectivity index (χ4n) is 1.32. The predicted molar refractivity (Wildman–Crippen MR) is 66.4 cm³/mol. The number of carbonyl (C=O) groups excluding carboxylic acids is 1. The summed E-state index contributed by atoms with van der Waals surface area (Å²) in [7, 11) is 3.43. The minimum absolute atomic E-state index is 0.0582. The van der Waals surface area contributed by atoms with Gasteiger partial charge in [0, 0.05) is 38.6 Å². The quantitative estimate of drug-likeness (QED) is 0.820. The second kappa shape index (κ2) is 6.57. The monoisotopic (exact) mass is 258 g/mol. The highest BCUT2D eigenvalue weighted by atomic mass is 35.5. The van der Waals surface area contributed by atoms with Gasteiger partial charge >= 0.3 is 0 Å². The molecule has 0 unspecified atom stereocenters. The largest absolute Gasteiger partial charge is 0.349 e. The summed E-state index contributed by atoms with van der Waals surface area (Å²) in [5, 5.41) is 3.58. The van der Waals surface area contributed by atoms with Crippen LogP contribution in [-0.2, 0) is 11.3 Å². The molecule has 0 aliphatic rings. The lowest BCUT2D eigenvalue weighted by molar-refractivity contribution is -0.128. The number of carbonyl (C=O) groups is 1. The molecule has 1 amide bonds. The van der Waals surface area contributed by atoms with Gasteiger partial charge in [-0.2, -0.15) is 0 Å². The molecule has 5 heteroatoms. The summed E-state index contributed by atoms with van der Waals surface area (Å²) in [6, 6.07) is 4.24. The summed E-state index contributed by atoms with van der Waals surface area (Å²) in [6.45, 7) is 1.00. The van der Waals surface area contributed by atoms with E-state index in [1.807, 2.05) is 0 Å². The van der Waals surface area contributed by atoms with Gasteiger partial charge in [-0.3, -0.25) is 4.79 Å². The highest BCUT2D eigenvalue weighted by molar-refractivity contribution is 6.31. The van der Waals surface area contributed by atoms with Crippen molar-refractivity contribution in [3.8, 4) is 0 Å². The number of nitrogens with one attached hydrogen (secondary N) is 1. The highest BCUT2D eigenvalue weighted by Gasteiger charge is 2.04. The van der Waals surface area contributed by atoms with Crippen LogP contribution in [0.2, 0.25) is 5.02 Å². The van der Waals surface area contributed by atoms with Crippen LogP contribution in [0.5, 0.6) is 0 Å². The molecule has 0 radical (unpaired) electrons. The third-order valence-electron chi connectivity index (χ3n) is 2.34. The van der Waals surface area contributed by atoms with E-state index in [9.17, 15) is 9.18 Å². The van der Waals surface area contributed by atoms with Gasteiger partial charge in [0.25, 0.3) is 0 Å². The van der Waals surface area contributed by atoms with E-state index in [0.29, 0.717) is 30.1 Å². The van der Waals surface area contributed by atoms with Crippen LogP contribution in [0.25, 0.3) is 0 Å². The molecule has 3 nitrogen and oxygen atoms in total. The molecular weight excluding hydrogens is 243 g/mol. The molecule has 0 bridgehead atoms. The van der Waals surface area contributed by atoms with Crippen LogP contribution in [0.15, 0.2) is 18.2 Å². The number of amides is 1. The molecular formula is C12H16ClFN2O. The summed E-state index contributed by atoms with van der Waals surface area (Å²) < 4.78 is 12.9. The SMILES string of the molecule is CN(C)C(=O)CCNCc1cc(F)ccc1Cl. The Labute approximate surface area is 106 Å². The molecule has 0 fully saturated rings. The maximum absolute atomic E-state index is 12.9. The molecule has 1 aromatic carbocycles. The number of benzene rings is 1. The molecule has 1 rings (SSSR count). The fraction of sp³-hybridized carbons (Fsp3) is 0.417. The average molecular weight is 259 g/mol. The first-order chi connectivity index (χ1) is 8.00. The van der Waals surface area contributed by atoms with Crippen molar-refractivity contribution in [2.45, 2.75) is 13.0 Å². The first kappa shape index (κ1) is 13.9. The fourth-order valence-corrected chi connectivity index (χ4v) is 1.51. The molecule has 0 aliphatic carbocycles. The van der Waals surface area contributed by atoms with Crippen LogP contribution >= 0.6 is 11.6 Å². The second-order valence-electron chi connectivity index (χ2n) is 3.95. The van der Waals surface area contributed by atoms with Gasteiger partial charge in [-0.05, 0) is 23.8 Å². The molecule has 1 aromatic rings. The van der Waals surface area contributed by atoms with Crippen molar-refractivity contribution in [1.82, 2.24) is 10.2 Å². The molecule has 17 heavy (non-hydrogen) atoms. The lowest BCUT2D eigenvalue weighted by atomic mass is 10.2. The van der Waals surface area contributed by atoms with E-state index >= 15 is 0 Å². The van der Waals surface area contributed by atoms with Crippen LogP contribution in [0.4, 0.5) is 4.39 Å². The van der Waals surface area contributed by atoms with Crippen molar-refractivity contribution in [3.63, 3.8) is 0 Å². The standard InChI is InChI=1S/C12H16ClFN2O/c1-16(2)12(17)5-6-15-8-9-7-10(14)3-4-11(9)13/h3-4,7,15H,5-6,8H2,1-2H3. The number of nitrogens with zero attached hydrogens (tertiary/aromatic N) is 1. The molecule has 94 valence electrons. The van der Waals surface area contributed by atoms with Crippen molar-refractivity contribution in [2.24, 2.45) is 0 Å². The first-order valence-corrected chi connectivity index (χ1v) is 5.73. The van der Waals surface area contributed by atoms with E-state index < -0.39 is 0 Å².